The van der Waals surface area contributed by atoms with Crippen LogP contribution in [0.2, 0.25) is 0 Å². The largest absolute Gasteiger partial charge is 0.478 e. The zero-order chi connectivity index (χ0) is 17.4. The van der Waals surface area contributed by atoms with Crippen LogP contribution in [0, 0.1) is 0 Å². The van der Waals surface area contributed by atoms with E-state index < -0.39 is 5.97 Å². The van der Waals surface area contributed by atoms with Crippen molar-refractivity contribution in [2.45, 2.75) is 18.9 Å². The summed E-state index contributed by atoms with van der Waals surface area (Å²) in [4.78, 5) is 24.6. The molecule has 1 saturated carbocycles. The van der Waals surface area contributed by atoms with Crippen LogP contribution < -0.4 is 10.6 Å². The lowest BCUT2D eigenvalue weighted by atomic mass is 10.1. The summed E-state index contributed by atoms with van der Waals surface area (Å²) in [6.45, 7) is 0.350. The number of hydrogen-bond donors (Lipinski definition) is 4. The van der Waals surface area contributed by atoms with E-state index in [-0.39, 0.29) is 12.2 Å². The third kappa shape index (κ3) is 3.03. The Morgan fingerprint density at radius 2 is 2.08 bits per heavy atom. The van der Waals surface area contributed by atoms with Crippen molar-refractivity contribution in [2.75, 3.05) is 23.8 Å². The molecule has 0 aliphatic heterocycles. The number of fused-ring (bicyclic) bond motifs is 3. The third-order valence-electron chi connectivity index (χ3n) is 4.09. The SMILES string of the molecule is O=C(O)c1ccc2c(c1)nc(NC1CC1)c1nc(NCCO)ncc12. The minimum atomic E-state index is -0.986. The summed E-state index contributed by atoms with van der Waals surface area (Å²) in [7, 11) is 0. The monoisotopic (exact) mass is 339 g/mol. The standard InChI is InChI=1S/C17H17N5O3/c23-6-5-18-17-19-8-12-11-4-1-9(16(24)25)7-13(11)21-15(14(12)22-17)20-10-2-3-10/h1,4,7-8,10,23H,2-3,5-6H2,(H,20,21)(H,24,25)(H,18,19,22). The Balaban J connectivity index is 1.91. The number of pyridine rings is 1. The number of anilines is 2. The lowest BCUT2D eigenvalue weighted by Gasteiger charge is -2.12. The first-order valence-corrected chi connectivity index (χ1v) is 8.11. The van der Waals surface area contributed by atoms with Gasteiger partial charge in [0.25, 0.3) is 0 Å². The second-order valence-electron chi connectivity index (χ2n) is 6.02. The van der Waals surface area contributed by atoms with Gasteiger partial charge in [0.15, 0.2) is 5.82 Å². The first-order valence-electron chi connectivity index (χ1n) is 8.11. The summed E-state index contributed by atoms with van der Waals surface area (Å²) in [6.07, 6.45) is 3.86. The molecule has 8 nitrogen and oxygen atoms in total. The van der Waals surface area contributed by atoms with Crippen molar-refractivity contribution in [1.29, 1.82) is 0 Å². The Morgan fingerprint density at radius 3 is 2.80 bits per heavy atom. The predicted molar refractivity (Wildman–Crippen MR) is 94.0 cm³/mol. The summed E-state index contributed by atoms with van der Waals surface area (Å²) >= 11 is 0. The lowest BCUT2D eigenvalue weighted by Crippen LogP contribution is -2.10. The molecule has 25 heavy (non-hydrogen) atoms. The summed E-state index contributed by atoms with van der Waals surface area (Å²) in [6, 6.07) is 5.23. The minimum Gasteiger partial charge on any atom is -0.478 e. The van der Waals surface area contributed by atoms with Crippen molar-refractivity contribution in [2.24, 2.45) is 0 Å². The molecule has 1 fully saturated rings. The van der Waals surface area contributed by atoms with Gasteiger partial charge in [-0.25, -0.2) is 19.7 Å². The van der Waals surface area contributed by atoms with Crippen LogP contribution in [0.3, 0.4) is 0 Å². The van der Waals surface area contributed by atoms with Crippen LogP contribution in [-0.2, 0) is 0 Å². The van der Waals surface area contributed by atoms with Gasteiger partial charge in [-0.05, 0) is 25.0 Å². The topological polar surface area (TPSA) is 120 Å². The second-order valence-corrected chi connectivity index (χ2v) is 6.02. The van der Waals surface area contributed by atoms with Gasteiger partial charge in [-0.1, -0.05) is 6.07 Å². The number of carbonyl (C=O) groups is 1. The molecule has 4 N–H and O–H groups in total. The van der Waals surface area contributed by atoms with E-state index in [0.29, 0.717) is 35.4 Å². The summed E-state index contributed by atoms with van der Waals surface area (Å²) in [5, 5.41) is 26.1. The molecule has 3 aromatic rings. The molecule has 1 aliphatic carbocycles. The van der Waals surface area contributed by atoms with Crippen LogP contribution in [-0.4, -0.2) is 50.3 Å². The molecule has 8 heteroatoms. The predicted octanol–water partition coefficient (Wildman–Crippen LogP) is 1.85. The number of aliphatic hydroxyl groups is 1. The fourth-order valence-electron chi connectivity index (χ4n) is 2.69. The van der Waals surface area contributed by atoms with Crippen LogP contribution in [0.5, 0.6) is 0 Å². The minimum absolute atomic E-state index is 0.0114. The van der Waals surface area contributed by atoms with Crippen LogP contribution in [0.15, 0.2) is 24.4 Å². The van der Waals surface area contributed by atoms with Gasteiger partial charge in [0.2, 0.25) is 5.95 Å². The molecule has 0 saturated heterocycles. The molecular formula is C17H17N5O3. The van der Waals surface area contributed by atoms with Crippen molar-refractivity contribution in [3.8, 4) is 0 Å². The highest BCUT2D eigenvalue weighted by Crippen LogP contribution is 2.32. The van der Waals surface area contributed by atoms with Crippen LogP contribution in [0.4, 0.5) is 11.8 Å². The number of carboxylic acids is 1. The maximum atomic E-state index is 11.2. The van der Waals surface area contributed by atoms with Gasteiger partial charge in [0.05, 0.1) is 17.7 Å². The zero-order valence-corrected chi connectivity index (χ0v) is 13.4. The lowest BCUT2D eigenvalue weighted by molar-refractivity contribution is 0.0697. The van der Waals surface area contributed by atoms with E-state index in [1.54, 1.807) is 24.4 Å². The Morgan fingerprint density at radius 1 is 1.24 bits per heavy atom. The van der Waals surface area contributed by atoms with Crippen LogP contribution in [0.1, 0.15) is 23.2 Å². The number of rotatable bonds is 6. The molecule has 2 heterocycles. The molecule has 1 aromatic carbocycles. The van der Waals surface area contributed by atoms with E-state index in [9.17, 15) is 9.90 Å². The van der Waals surface area contributed by atoms with Gasteiger partial charge in [0, 0.05) is 29.6 Å². The fourth-order valence-corrected chi connectivity index (χ4v) is 2.69. The summed E-state index contributed by atoms with van der Waals surface area (Å²) in [5.41, 5.74) is 1.46. The maximum absolute atomic E-state index is 11.2. The highest BCUT2D eigenvalue weighted by molar-refractivity contribution is 6.09. The van der Waals surface area contributed by atoms with E-state index in [1.807, 2.05) is 0 Å². The molecule has 0 unspecified atom stereocenters. The quantitative estimate of drug-likeness (QED) is 0.502. The van der Waals surface area contributed by atoms with Gasteiger partial charge in [-0.2, -0.15) is 0 Å². The highest BCUT2D eigenvalue weighted by atomic mass is 16.4. The van der Waals surface area contributed by atoms with Crippen molar-refractivity contribution in [1.82, 2.24) is 15.0 Å². The van der Waals surface area contributed by atoms with Crippen LogP contribution >= 0.6 is 0 Å². The molecule has 0 spiro atoms. The van der Waals surface area contributed by atoms with E-state index in [0.717, 1.165) is 23.6 Å². The van der Waals surface area contributed by atoms with Gasteiger partial charge < -0.3 is 20.8 Å². The number of nitrogens with zero attached hydrogens (tertiary/aromatic N) is 3. The number of aromatic carboxylic acids is 1. The molecule has 0 atom stereocenters. The molecular weight excluding hydrogens is 322 g/mol. The van der Waals surface area contributed by atoms with E-state index in [1.165, 1.54) is 0 Å². The number of aliphatic hydroxyl groups excluding tert-OH is 1. The Kier molecular flexibility index (Phi) is 3.81. The van der Waals surface area contributed by atoms with Crippen molar-refractivity contribution < 1.29 is 15.0 Å². The van der Waals surface area contributed by atoms with Crippen molar-refractivity contribution in [3.05, 3.63) is 30.0 Å². The molecule has 0 amide bonds. The third-order valence-corrected chi connectivity index (χ3v) is 4.09. The first-order chi connectivity index (χ1) is 12.2. The molecule has 1 aliphatic rings. The summed E-state index contributed by atoms with van der Waals surface area (Å²) < 4.78 is 0. The highest BCUT2D eigenvalue weighted by Gasteiger charge is 2.23. The number of carboxylic acid groups (broad SMARTS) is 1. The molecule has 128 valence electrons. The van der Waals surface area contributed by atoms with E-state index >= 15 is 0 Å². The zero-order valence-electron chi connectivity index (χ0n) is 13.4. The average molecular weight is 339 g/mol. The number of nitrogens with one attached hydrogen (secondary N) is 2. The Bertz CT molecular complexity index is 971. The molecule has 0 bridgehead atoms. The van der Waals surface area contributed by atoms with Crippen molar-refractivity contribution >= 4 is 39.5 Å². The number of hydrogen-bond acceptors (Lipinski definition) is 7. The number of aromatic nitrogens is 3. The Hall–Kier alpha value is -3.00. The first kappa shape index (κ1) is 15.5. The molecule has 4 rings (SSSR count). The normalized spacial score (nSPS) is 14.0. The fraction of sp³-hybridized carbons (Fsp3) is 0.294. The van der Waals surface area contributed by atoms with E-state index in [4.69, 9.17) is 5.11 Å². The van der Waals surface area contributed by atoms with Gasteiger partial charge in [-0.15, -0.1) is 0 Å². The molecule has 0 radical (unpaired) electrons. The maximum Gasteiger partial charge on any atom is 0.335 e. The Labute approximate surface area is 142 Å². The average Bonchev–Trinajstić information content (AvgIpc) is 3.43. The van der Waals surface area contributed by atoms with Gasteiger partial charge >= 0.3 is 5.97 Å². The van der Waals surface area contributed by atoms with Crippen molar-refractivity contribution in [3.63, 3.8) is 0 Å². The van der Waals surface area contributed by atoms with E-state index in [2.05, 4.69) is 25.6 Å². The van der Waals surface area contributed by atoms with Crippen LogP contribution in [0.25, 0.3) is 21.8 Å². The molecule has 2 aromatic heterocycles. The van der Waals surface area contributed by atoms with Gasteiger partial charge in [-0.3, -0.25) is 0 Å². The number of benzene rings is 1. The van der Waals surface area contributed by atoms with Gasteiger partial charge in [0.1, 0.15) is 5.52 Å². The smallest absolute Gasteiger partial charge is 0.335 e. The second kappa shape index (κ2) is 6.14. The summed E-state index contributed by atoms with van der Waals surface area (Å²) in [5.74, 6) is 0.0611.